The second-order valence-electron chi connectivity index (χ2n) is 6.29. The van der Waals surface area contributed by atoms with Gasteiger partial charge in [0.1, 0.15) is 0 Å². The molecular weight excluding hydrogens is 184 g/mol. The summed E-state index contributed by atoms with van der Waals surface area (Å²) in [5.74, 6) is 1.88. The molecule has 0 radical (unpaired) electrons. The van der Waals surface area contributed by atoms with E-state index in [0.717, 1.165) is 11.8 Å². The number of likely N-dealkylation sites (tertiary alicyclic amines) is 1. The monoisotopic (exact) mass is 210 g/mol. The van der Waals surface area contributed by atoms with Gasteiger partial charge in [0.25, 0.3) is 0 Å². The Morgan fingerprint density at radius 1 is 1.20 bits per heavy atom. The first kappa shape index (κ1) is 11.4. The van der Waals surface area contributed by atoms with Gasteiger partial charge in [-0.25, -0.2) is 0 Å². The molecule has 0 amide bonds. The zero-order chi connectivity index (χ0) is 10.9. The van der Waals surface area contributed by atoms with Gasteiger partial charge in [-0.05, 0) is 69.7 Å². The Morgan fingerprint density at radius 2 is 1.80 bits per heavy atom. The first-order chi connectivity index (χ1) is 7.08. The maximum atomic E-state index is 3.67. The van der Waals surface area contributed by atoms with Gasteiger partial charge in [-0.15, -0.1) is 0 Å². The smallest absolute Gasteiger partial charge is 0.00151 e. The zero-order valence-electron chi connectivity index (χ0n) is 10.6. The lowest BCUT2D eigenvalue weighted by Gasteiger charge is -2.29. The summed E-state index contributed by atoms with van der Waals surface area (Å²) < 4.78 is 0. The summed E-state index contributed by atoms with van der Waals surface area (Å²) in [6.07, 6.45) is 4.20. The van der Waals surface area contributed by atoms with E-state index in [-0.39, 0.29) is 0 Å². The fraction of sp³-hybridized carbons (Fsp3) is 1.00. The van der Waals surface area contributed by atoms with E-state index >= 15 is 0 Å². The number of rotatable bonds is 4. The van der Waals surface area contributed by atoms with Crippen molar-refractivity contribution in [2.24, 2.45) is 17.3 Å². The summed E-state index contributed by atoms with van der Waals surface area (Å²) in [5, 5.41) is 3.67. The van der Waals surface area contributed by atoms with E-state index in [0.29, 0.717) is 5.41 Å². The van der Waals surface area contributed by atoms with Crippen LogP contribution in [0.2, 0.25) is 0 Å². The molecule has 0 aromatic heterocycles. The summed E-state index contributed by atoms with van der Waals surface area (Å²) in [4.78, 5) is 2.44. The van der Waals surface area contributed by atoms with Crippen molar-refractivity contribution in [3.8, 4) is 0 Å². The number of piperidine rings is 1. The lowest BCUT2D eigenvalue weighted by molar-refractivity contribution is 0.215. The number of nitrogens with one attached hydrogen (secondary N) is 1. The largest absolute Gasteiger partial charge is 0.316 e. The Balaban J connectivity index is 1.55. The summed E-state index contributed by atoms with van der Waals surface area (Å²) in [5.41, 5.74) is 0.639. The van der Waals surface area contributed by atoms with Crippen LogP contribution in [0.1, 0.15) is 33.1 Å². The molecule has 0 bridgehead atoms. The molecule has 1 atom stereocenters. The van der Waals surface area contributed by atoms with E-state index in [2.05, 4.69) is 31.1 Å². The third kappa shape index (κ3) is 3.18. The highest BCUT2D eigenvalue weighted by molar-refractivity contribution is 4.96. The average Bonchev–Trinajstić information content (AvgIpc) is 2.78. The van der Waals surface area contributed by atoms with E-state index in [1.807, 2.05) is 0 Å². The lowest BCUT2D eigenvalue weighted by atomic mass is 9.97. The van der Waals surface area contributed by atoms with Gasteiger partial charge in [-0.2, -0.15) is 0 Å². The summed E-state index contributed by atoms with van der Waals surface area (Å²) in [6, 6.07) is 0. The van der Waals surface area contributed by atoms with E-state index in [4.69, 9.17) is 0 Å². The highest BCUT2D eigenvalue weighted by Gasteiger charge is 2.44. The van der Waals surface area contributed by atoms with Crippen LogP contribution in [0.4, 0.5) is 0 Å². The maximum Gasteiger partial charge on any atom is -0.00151 e. The van der Waals surface area contributed by atoms with Crippen molar-refractivity contribution in [2.75, 3.05) is 33.2 Å². The van der Waals surface area contributed by atoms with Crippen LogP contribution in [-0.2, 0) is 0 Å². The molecule has 1 saturated heterocycles. The van der Waals surface area contributed by atoms with Crippen molar-refractivity contribution < 1.29 is 0 Å². The molecule has 0 aromatic rings. The van der Waals surface area contributed by atoms with E-state index in [9.17, 15) is 0 Å². The van der Waals surface area contributed by atoms with Gasteiger partial charge in [-0.1, -0.05) is 13.8 Å². The molecule has 2 heteroatoms. The molecule has 15 heavy (non-hydrogen) atoms. The molecule has 0 spiro atoms. The van der Waals surface area contributed by atoms with Gasteiger partial charge in [-0.3, -0.25) is 0 Å². The molecule has 1 unspecified atom stereocenters. The summed E-state index contributed by atoms with van der Waals surface area (Å²) >= 11 is 0. The van der Waals surface area contributed by atoms with Crippen molar-refractivity contribution in [1.29, 1.82) is 0 Å². The minimum atomic E-state index is 0.639. The average molecular weight is 210 g/mol. The molecule has 2 rings (SSSR count). The van der Waals surface area contributed by atoms with Crippen LogP contribution in [0, 0.1) is 17.3 Å². The summed E-state index contributed by atoms with van der Waals surface area (Å²) in [7, 11) is 2.23. The van der Waals surface area contributed by atoms with Crippen LogP contribution in [0.25, 0.3) is 0 Å². The minimum absolute atomic E-state index is 0.639. The van der Waals surface area contributed by atoms with Crippen LogP contribution in [0.5, 0.6) is 0 Å². The second kappa shape index (κ2) is 4.42. The minimum Gasteiger partial charge on any atom is -0.316 e. The molecule has 2 nitrogen and oxygen atoms in total. The molecule has 1 aliphatic carbocycles. The Kier molecular flexibility index (Phi) is 3.36. The molecular formula is C13H26N2. The number of hydrogen-bond donors (Lipinski definition) is 1. The molecule has 1 heterocycles. The third-order valence-electron chi connectivity index (χ3n) is 4.38. The van der Waals surface area contributed by atoms with Gasteiger partial charge in [0.15, 0.2) is 0 Å². The fourth-order valence-electron chi connectivity index (χ4n) is 2.65. The lowest BCUT2D eigenvalue weighted by Crippen LogP contribution is -2.35. The van der Waals surface area contributed by atoms with E-state index in [1.165, 1.54) is 45.4 Å². The fourth-order valence-corrected chi connectivity index (χ4v) is 2.65. The normalized spacial score (nSPS) is 31.8. The molecule has 88 valence electrons. The van der Waals surface area contributed by atoms with Crippen molar-refractivity contribution in [3.63, 3.8) is 0 Å². The molecule has 1 saturated carbocycles. The standard InChI is InChI=1S/C13H26N2/c1-13(2)8-12(13)10-14-9-11-4-6-15(3)7-5-11/h11-12,14H,4-10H2,1-3H3. The Labute approximate surface area is 94.4 Å². The zero-order valence-corrected chi connectivity index (χ0v) is 10.6. The van der Waals surface area contributed by atoms with Gasteiger partial charge >= 0.3 is 0 Å². The van der Waals surface area contributed by atoms with Crippen molar-refractivity contribution >= 4 is 0 Å². The number of nitrogens with zero attached hydrogens (tertiary/aromatic N) is 1. The second-order valence-corrected chi connectivity index (χ2v) is 6.29. The Hall–Kier alpha value is -0.0800. The van der Waals surface area contributed by atoms with Crippen LogP contribution >= 0.6 is 0 Å². The highest BCUT2D eigenvalue weighted by Crippen LogP contribution is 2.50. The van der Waals surface area contributed by atoms with Gasteiger partial charge in [0, 0.05) is 0 Å². The van der Waals surface area contributed by atoms with Crippen molar-refractivity contribution in [2.45, 2.75) is 33.1 Å². The molecule has 2 aliphatic rings. The van der Waals surface area contributed by atoms with Crippen LogP contribution in [0.3, 0.4) is 0 Å². The van der Waals surface area contributed by atoms with Gasteiger partial charge < -0.3 is 10.2 Å². The summed E-state index contributed by atoms with van der Waals surface area (Å²) in [6.45, 7) is 9.85. The molecule has 0 aromatic carbocycles. The molecule has 1 N–H and O–H groups in total. The van der Waals surface area contributed by atoms with Crippen molar-refractivity contribution in [1.82, 2.24) is 10.2 Å². The third-order valence-corrected chi connectivity index (χ3v) is 4.38. The number of hydrogen-bond acceptors (Lipinski definition) is 2. The van der Waals surface area contributed by atoms with Gasteiger partial charge in [0.2, 0.25) is 0 Å². The van der Waals surface area contributed by atoms with Gasteiger partial charge in [0.05, 0.1) is 0 Å². The van der Waals surface area contributed by atoms with Crippen LogP contribution in [0.15, 0.2) is 0 Å². The van der Waals surface area contributed by atoms with E-state index in [1.54, 1.807) is 0 Å². The van der Waals surface area contributed by atoms with Crippen LogP contribution in [-0.4, -0.2) is 38.1 Å². The Morgan fingerprint density at radius 3 is 2.33 bits per heavy atom. The Bertz CT molecular complexity index is 205. The topological polar surface area (TPSA) is 15.3 Å². The molecule has 1 aliphatic heterocycles. The first-order valence-electron chi connectivity index (χ1n) is 6.47. The van der Waals surface area contributed by atoms with Crippen LogP contribution < -0.4 is 5.32 Å². The quantitative estimate of drug-likeness (QED) is 0.763. The highest BCUT2D eigenvalue weighted by atomic mass is 15.1. The molecule has 2 fully saturated rings. The van der Waals surface area contributed by atoms with E-state index < -0.39 is 0 Å². The maximum absolute atomic E-state index is 3.67. The SMILES string of the molecule is CN1CCC(CNCC2CC2(C)C)CC1. The first-order valence-corrected chi connectivity index (χ1v) is 6.47. The predicted octanol–water partition coefficient (Wildman–Crippen LogP) is 1.96. The predicted molar refractivity (Wildman–Crippen MR) is 65.0 cm³/mol. The van der Waals surface area contributed by atoms with Crippen molar-refractivity contribution in [3.05, 3.63) is 0 Å².